The van der Waals surface area contributed by atoms with Gasteiger partial charge in [0.1, 0.15) is 18.0 Å². The Kier molecular flexibility index (Phi) is 4.62. The molecule has 0 bridgehead atoms. The van der Waals surface area contributed by atoms with Crippen molar-refractivity contribution < 1.29 is 9.53 Å². The van der Waals surface area contributed by atoms with Crippen LogP contribution in [0.1, 0.15) is 38.8 Å². The summed E-state index contributed by atoms with van der Waals surface area (Å²) in [5, 5.41) is 8.92. The highest BCUT2D eigenvalue weighted by molar-refractivity contribution is 5.92. The zero-order valence-electron chi connectivity index (χ0n) is 16.6. The van der Waals surface area contributed by atoms with Crippen LogP contribution in [0, 0.1) is 13.8 Å². The summed E-state index contributed by atoms with van der Waals surface area (Å²) in [6.45, 7) is 5.33. The topological polar surface area (TPSA) is 78.1 Å². The monoisotopic (exact) mass is 380 g/mol. The molecular formula is C20H24N6O2. The lowest BCUT2D eigenvalue weighted by molar-refractivity contribution is 0.0721. The second kappa shape index (κ2) is 7.10. The highest BCUT2D eigenvalue weighted by atomic mass is 16.5. The van der Waals surface area contributed by atoms with Crippen molar-refractivity contribution in [1.29, 1.82) is 0 Å². The van der Waals surface area contributed by atoms with Gasteiger partial charge in [0, 0.05) is 56.6 Å². The molecule has 4 rings (SSSR count). The number of hydrogen-bond acceptors (Lipinski definition) is 5. The third-order valence-corrected chi connectivity index (χ3v) is 5.05. The molecule has 0 aliphatic carbocycles. The fourth-order valence-electron chi connectivity index (χ4n) is 3.67. The van der Waals surface area contributed by atoms with Crippen LogP contribution < -0.4 is 4.74 Å². The predicted octanol–water partition coefficient (Wildman–Crippen LogP) is 1.94. The number of fused-ring (bicyclic) bond motifs is 1. The molecule has 0 aromatic carbocycles. The van der Waals surface area contributed by atoms with Gasteiger partial charge < -0.3 is 9.64 Å². The lowest BCUT2D eigenvalue weighted by Crippen LogP contribution is -2.37. The Morgan fingerprint density at radius 2 is 1.96 bits per heavy atom. The van der Waals surface area contributed by atoms with E-state index < -0.39 is 0 Å². The minimum absolute atomic E-state index is 0.00942. The Hall–Kier alpha value is -3.16. The Bertz CT molecular complexity index is 1040. The van der Waals surface area contributed by atoms with Crippen molar-refractivity contribution in [2.24, 2.45) is 14.1 Å². The lowest BCUT2D eigenvalue weighted by Gasteiger charge is -2.27. The van der Waals surface area contributed by atoms with E-state index in [0.717, 1.165) is 34.8 Å². The second-order valence-electron chi connectivity index (χ2n) is 7.17. The molecule has 1 amide bonds. The van der Waals surface area contributed by atoms with Crippen molar-refractivity contribution >= 4 is 5.91 Å². The maximum atomic E-state index is 13.0. The molecule has 1 aliphatic heterocycles. The number of amides is 1. The first-order valence-electron chi connectivity index (χ1n) is 9.32. The third-order valence-electron chi connectivity index (χ3n) is 5.05. The molecule has 0 spiro atoms. The van der Waals surface area contributed by atoms with Gasteiger partial charge in [-0.05, 0) is 26.0 Å². The SMILES string of the molecule is Cc1cccc(OCc2nn(C)c3c2CN(C(=O)c2cc(C)nn2C)CC3)n1. The number of ether oxygens (including phenoxy) is 1. The van der Waals surface area contributed by atoms with Crippen molar-refractivity contribution in [2.45, 2.75) is 33.4 Å². The third kappa shape index (κ3) is 3.37. The van der Waals surface area contributed by atoms with Gasteiger partial charge in [-0.25, -0.2) is 4.98 Å². The summed E-state index contributed by atoms with van der Waals surface area (Å²) < 4.78 is 9.39. The fourth-order valence-corrected chi connectivity index (χ4v) is 3.67. The maximum Gasteiger partial charge on any atom is 0.272 e. The molecule has 28 heavy (non-hydrogen) atoms. The molecule has 4 heterocycles. The Morgan fingerprint density at radius 1 is 1.14 bits per heavy atom. The molecule has 0 fully saturated rings. The molecular weight excluding hydrogens is 356 g/mol. The molecule has 0 N–H and O–H groups in total. The Balaban J connectivity index is 1.54. The largest absolute Gasteiger partial charge is 0.471 e. The van der Waals surface area contributed by atoms with Gasteiger partial charge >= 0.3 is 0 Å². The highest BCUT2D eigenvalue weighted by Gasteiger charge is 2.28. The van der Waals surface area contributed by atoms with E-state index in [4.69, 9.17) is 4.74 Å². The molecule has 3 aromatic heterocycles. The van der Waals surface area contributed by atoms with Crippen LogP contribution in [0.5, 0.6) is 5.88 Å². The molecule has 1 aliphatic rings. The van der Waals surface area contributed by atoms with Gasteiger partial charge in [0.25, 0.3) is 5.91 Å². The summed E-state index contributed by atoms with van der Waals surface area (Å²) in [5.41, 5.74) is 5.41. The normalized spacial score (nSPS) is 13.5. The van der Waals surface area contributed by atoms with Crippen molar-refractivity contribution in [3.63, 3.8) is 0 Å². The number of pyridine rings is 1. The van der Waals surface area contributed by atoms with Gasteiger partial charge in [0.05, 0.1) is 5.69 Å². The van der Waals surface area contributed by atoms with Gasteiger partial charge in [-0.2, -0.15) is 10.2 Å². The van der Waals surface area contributed by atoms with Crippen LogP contribution in [-0.4, -0.2) is 41.9 Å². The molecule has 0 radical (unpaired) electrons. The van der Waals surface area contributed by atoms with Crippen LogP contribution in [-0.2, 0) is 33.7 Å². The molecule has 3 aromatic rings. The van der Waals surface area contributed by atoms with E-state index in [1.807, 2.05) is 54.7 Å². The van der Waals surface area contributed by atoms with E-state index in [-0.39, 0.29) is 5.91 Å². The average Bonchev–Trinajstić information content (AvgIpc) is 3.17. The summed E-state index contributed by atoms with van der Waals surface area (Å²) in [6.07, 6.45) is 0.768. The quantitative estimate of drug-likeness (QED) is 0.691. The maximum absolute atomic E-state index is 13.0. The summed E-state index contributed by atoms with van der Waals surface area (Å²) in [5.74, 6) is 0.568. The van der Waals surface area contributed by atoms with Gasteiger partial charge in [0.2, 0.25) is 5.88 Å². The van der Waals surface area contributed by atoms with Crippen LogP contribution in [0.25, 0.3) is 0 Å². The van der Waals surface area contributed by atoms with Crippen LogP contribution in [0.15, 0.2) is 24.3 Å². The average molecular weight is 380 g/mol. The van der Waals surface area contributed by atoms with Crippen molar-refractivity contribution in [3.8, 4) is 5.88 Å². The van der Waals surface area contributed by atoms with Crippen molar-refractivity contribution in [2.75, 3.05) is 6.54 Å². The van der Waals surface area contributed by atoms with E-state index in [9.17, 15) is 4.79 Å². The first kappa shape index (κ1) is 18.2. The summed E-state index contributed by atoms with van der Waals surface area (Å²) in [6, 6.07) is 7.51. The number of aryl methyl sites for hydroxylation is 4. The lowest BCUT2D eigenvalue weighted by atomic mass is 10.0. The standard InChI is InChI=1S/C20H24N6O2/c1-13-6-5-7-19(21-13)28-12-16-15-11-26(9-8-17(15)24(3)23-16)20(27)18-10-14(2)22-25(18)4/h5-7,10H,8-9,11-12H2,1-4H3. The van der Waals surface area contributed by atoms with Crippen LogP contribution in [0.4, 0.5) is 0 Å². The number of aromatic nitrogens is 5. The molecule has 0 saturated carbocycles. The van der Waals surface area contributed by atoms with E-state index in [1.54, 1.807) is 11.7 Å². The Labute approximate surface area is 163 Å². The van der Waals surface area contributed by atoms with Gasteiger partial charge in [-0.15, -0.1) is 0 Å². The summed E-state index contributed by atoms with van der Waals surface area (Å²) in [4.78, 5) is 19.2. The molecule has 146 valence electrons. The van der Waals surface area contributed by atoms with Gasteiger partial charge in [-0.3, -0.25) is 14.2 Å². The van der Waals surface area contributed by atoms with Crippen molar-refractivity contribution in [3.05, 3.63) is 58.3 Å². The number of carbonyl (C=O) groups is 1. The zero-order chi connectivity index (χ0) is 19.8. The smallest absolute Gasteiger partial charge is 0.272 e. The molecule has 8 nitrogen and oxygen atoms in total. The van der Waals surface area contributed by atoms with Crippen LogP contribution >= 0.6 is 0 Å². The van der Waals surface area contributed by atoms with E-state index in [2.05, 4.69) is 15.2 Å². The van der Waals surface area contributed by atoms with Gasteiger partial charge in [0.15, 0.2) is 0 Å². The predicted molar refractivity (Wildman–Crippen MR) is 103 cm³/mol. The van der Waals surface area contributed by atoms with Gasteiger partial charge in [-0.1, -0.05) is 6.07 Å². The first-order valence-corrected chi connectivity index (χ1v) is 9.32. The van der Waals surface area contributed by atoms with E-state index >= 15 is 0 Å². The zero-order valence-corrected chi connectivity index (χ0v) is 16.6. The molecule has 8 heteroatoms. The second-order valence-corrected chi connectivity index (χ2v) is 7.17. The summed E-state index contributed by atoms with van der Waals surface area (Å²) in [7, 11) is 3.74. The first-order chi connectivity index (χ1) is 13.4. The molecule has 0 saturated heterocycles. The van der Waals surface area contributed by atoms with Crippen LogP contribution in [0.3, 0.4) is 0 Å². The number of nitrogens with zero attached hydrogens (tertiary/aromatic N) is 6. The van der Waals surface area contributed by atoms with E-state index in [1.165, 1.54) is 0 Å². The van der Waals surface area contributed by atoms with Crippen molar-refractivity contribution in [1.82, 2.24) is 29.4 Å². The van der Waals surface area contributed by atoms with E-state index in [0.29, 0.717) is 31.3 Å². The summed E-state index contributed by atoms with van der Waals surface area (Å²) >= 11 is 0. The van der Waals surface area contributed by atoms with Crippen LogP contribution in [0.2, 0.25) is 0 Å². The molecule has 0 unspecified atom stereocenters. The Morgan fingerprint density at radius 3 is 2.68 bits per heavy atom. The minimum Gasteiger partial charge on any atom is -0.471 e. The fraction of sp³-hybridized carbons (Fsp3) is 0.400. The number of rotatable bonds is 4. The molecule has 0 atom stereocenters. The number of hydrogen-bond donors (Lipinski definition) is 0. The number of carbonyl (C=O) groups excluding carboxylic acids is 1. The highest BCUT2D eigenvalue weighted by Crippen LogP contribution is 2.24. The minimum atomic E-state index is -0.00942.